The molecule has 1 aliphatic heterocycles. The zero-order chi connectivity index (χ0) is 26.2. The van der Waals surface area contributed by atoms with Gasteiger partial charge in [-0.1, -0.05) is 37.4 Å². The molecule has 3 aromatic rings. The van der Waals surface area contributed by atoms with Crippen molar-refractivity contribution >= 4 is 108 Å². The molecule has 0 fully saturated rings. The van der Waals surface area contributed by atoms with Gasteiger partial charge in [-0.15, -0.1) is 0 Å². The predicted molar refractivity (Wildman–Crippen MR) is 167 cm³/mol. The molecule has 0 bridgehead atoms. The van der Waals surface area contributed by atoms with Crippen molar-refractivity contribution in [1.82, 2.24) is 0 Å². The van der Waals surface area contributed by atoms with Crippen molar-refractivity contribution in [3.8, 4) is 11.5 Å². The van der Waals surface area contributed by atoms with Crippen molar-refractivity contribution in [2.75, 3.05) is 0 Å². The van der Waals surface area contributed by atoms with Gasteiger partial charge in [0.15, 0.2) is 5.60 Å². The summed E-state index contributed by atoms with van der Waals surface area (Å²) in [6, 6.07) is 13.6. The van der Waals surface area contributed by atoms with Gasteiger partial charge < -0.3 is 14.2 Å². The number of esters is 3. The van der Waals surface area contributed by atoms with Gasteiger partial charge in [-0.25, -0.2) is 14.4 Å². The Bertz CT molecular complexity index is 1360. The van der Waals surface area contributed by atoms with Gasteiger partial charge in [0.25, 0.3) is 0 Å². The highest BCUT2D eigenvalue weighted by Gasteiger charge is 2.52. The third-order valence-electron chi connectivity index (χ3n) is 5.36. The van der Waals surface area contributed by atoms with Gasteiger partial charge >= 0.3 is 17.9 Å². The first-order chi connectivity index (χ1) is 17.1. The largest absolute Gasteiger partial charge is 0.441 e. The van der Waals surface area contributed by atoms with Gasteiger partial charge in [-0.05, 0) is 115 Å². The van der Waals surface area contributed by atoms with E-state index in [0.717, 1.165) is 32.0 Å². The van der Waals surface area contributed by atoms with Crippen LogP contribution in [0.2, 0.25) is 0 Å². The number of fused-ring (bicyclic) bond motifs is 1. The molecular formula is C26H14I4O6. The van der Waals surface area contributed by atoms with E-state index >= 15 is 0 Å². The van der Waals surface area contributed by atoms with E-state index in [1.165, 1.54) is 0 Å². The van der Waals surface area contributed by atoms with Crippen molar-refractivity contribution in [2.24, 2.45) is 0 Å². The molecule has 0 saturated heterocycles. The summed E-state index contributed by atoms with van der Waals surface area (Å²) in [6.07, 6.45) is 2.16. The Morgan fingerprint density at radius 2 is 1.14 bits per heavy atom. The molecule has 36 heavy (non-hydrogen) atoms. The SMILES string of the molecule is C=CC(=O)Oc1ccc(C2(c3ccc(OC(=O)C=C)cc3)OC(=O)c3c(I)c(I)c(I)c(I)c32)cc1. The number of rotatable bonds is 6. The van der Waals surface area contributed by atoms with Crippen molar-refractivity contribution in [3.05, 3.63) is 110 Å². The van der Waals surface area contributed by atoms with Gasteiger partial charge in [-0.2, -0.15) is 0 Å². The number of halogens is 4. The number of carbonyl (C=O) groups is 3. The summed E-state index contributed by atoms with van der Waals surface area (Å²) in [5.41, 5.74) is 1.28. The molecule has 0 radical (unpaired) electrons. The lowest BCUT2D eigenvalue weighted by molar-refractivity contribution is -0.129. The smallest absolute Gasteiger partial charge is 0.341 e. The van der Waals surface area contributed by atoms with Gasteiger partial charge in [0.1, 0.15) is 11.5 Å². The topological polar surface area (TPSA) is 78.9 Å². The molecule has 0 aliphatic carbocycles. The molecule has 1 heterocycles. The molecule has 0 amide bonds. The lowest BCUT2D eigenvalue weighted by atomic mass is 9.80. The van der Waals surface area contributed by atoms with Crippen LogP contribution in [-0.4, -0.2) is 17.9 Å². The second-order valence-electron chi connectivity index (χ2n) is 7.38. The number of hydrogen-bond acceptors (Lipinski definition) is 6. The summed E-state index contributed by atoms with van der Waals surface area (Å²) in [7, 11) is 0. The number of carbonyl (C=O) groups excluding carboxylic acids is 3. The molecular weight excluding hydrogens is 916 g/mol. The van der Waals surface area contributed by atoms with E-state index in [4.69, 9.17) is 14.2 Å². The van der Waals surface area contributed by atoms with Crippen LogP contribution in [0.3, 0.4) is 0 Å². The molecule has 0 atom stereocenters. The summed E-state index contributed by atoms with van der Waals surface area (Å²) in [6.45, 7) is 6.83. The normalized spacial score (nSPS) is 13.4. The summed E-state index contributed by atoms with van der Waals surface area (Å²) < 4.78 is 20.4. The average Bonchev–Trinajstić information content (AvgIpc) is 3.20. The van der Waals surface area contributed by atoms with Gasteiger partial charge in [-0.3, -0.25) is 0 Å². The molecule has 0 saturated carbocycles. The fraction of sp³-hybridized carbons (Fsp3) is 0.0385. The monoisotopic (exact) mass is 930 g/mol. The van der Waals surface area contributed by atoms with Crippen LogP contribution >= 0.6 is 90.4 Å². The average molecular weight is 930 g/mol. The fourth-order valence-electron chi connectivity index (χ4n) is 3.80. The first kappa shape index (κ1) is 27.5. The lowest BCUT2D eigenvalue weighted by Crippen LogP contribution is -2.30. The number of cyclic esters (lactones) is 1. The van der Waals surface area contributed by atoms with Crippen LogP contribution in [0.1, 0.15) is 27.0 Å². The maximum Gasteiger partial charge on any atom is 0.341 e. The van der Waals surface area contributed by atoms with Gasteiger partial charge in [0.05, 0.1) is 5.56 Å². The molecule has 182 valence electrons. The van der Waals surface area contributed by atoms with Crippen LogP contribution in [0.15, 0.2) is 73.8 Å². The molecule has 0 N–H and O–H groups in total. The van der Waals surface area contributed by atoms with E-state index in [2.05, 4.69) is 104 Å². The van der Waals surface area contributed by atoms with Crippen LogP contribution < -0.4 is 9.47 Å². The van der Waals surface area contributed by atoms with Crippen LogP contribution in [0, 0.1) is 14.3 Å². The zero-order valence-electron chi connectivity index (χ0n) is 18.1. The fourth-order valence-corrected chi connectivity index (χ4v) is 7.59. The molecule has 3 aromatic carbocycles. The zero-order valence-corrected chi connectivity index (χ0v) is 26.8. The van der Waals surface area contributed by atoms with Crippen molar-refractivity contribution in [1.29, 1.82) is 0 Å². The Morgan fingerprint density at radius 1 is 0.722 bits per heavy atom. The number of hydrogen-bond donors (Lipinski definition) is 0. The third-order valence-corrected chi connectivity index (χ3v) is 12.8. The highest BCUT2D eigenvalue weighted by Crippen LogP contribution is 2.52. The molecule has 1 aliphatic rings. The van der Waals surface area contributed by atoms with E-state index in [-0.39, 0.29) is 0 Å². The molecule has 0 aromatic heterocycles. The van der Waals surface area contributed by atoms with Crippen molar-refractivity contribution < 1.29 is 28.6 Å². The quantitative estimate of drug-likeness (QED) is 0.0681. The van der Waals surface area contributed by atoms with Crippen LogP contribution in [0.5, 0.6) is 11.5 Å². The summed E-state index contributed by atoms with van der Waals surface area (Å²) >= 11 is 8.94. The number of benzene rings is 3. The maximum atomic E-state index is 13.4. The summed E-state index contributed by atoms with van der Waals surface area (Å²) in [5, 5.41) is 0. The Hall–Kier alpha value is -1.53. The predicted octanol–water partition coefficient (Wildman–Crippen LogP) is 6.75. The Morgan fingerprint density at radius 3 is 1.56 bits per heavy atom. The third kappa shape index (κ3) is 4.84. The number of ether oxygens (including phenoxy) is 3. The molecule has 10 heteroatoms. The highest BCUT2D eigenvalue weighted by molar-refractivity contribution is 14.1. The standard InChI is InChI=1S/C26H14I4O6/c1-3-17(31)34-15-9-5-13(6-10-15)26(14-7-11-16(12-8-14)35-18(32)4-2)20-19(25(33)36-26)21(27)23(29)24(30)22(20)28/h3-12H,1-2H2. The summed E-state index contributed by atoms with van der Waals surface area (Å²) in [4.78, 5) is 36.7. The van der Waals surface area contributed by atoms with Crippen LogP contribution in [0.25, 0.3) is 0 Å². The summed E-state index contributed by atoms with van der Waals surface area (Å²) in [5.74, 6) is -0.931. The van der Waals surface area contributed by atoms with Gasteiger partial charge in [0, 0.05) is 43.1 Å². The lowest BCUT2D eigenvalue weighted by Gasteiger charge is -2.31. The minimum absolute atomic E-state index is 0.330. The Balaban J connectivity index is 1.96. The minimum Gasteiger partial charge on any atom is -0.441 e. The van der Waals surface area contributed by atoms with Crippen molar-refractivity contribution in [2.45, 2.75) is 5.60 Å². The van der Waals surface area contributed by atoms with Crippen molar-refractivity contribution in [3.63, 3.8) is 0 Å². The van der Waals surface area contributed by atoms with E-state index < -0.39 is 23.5 Å². The highest BCUT2D eigenvalue weighted by atomic mass is 127. The molecule has 0 spiro atoms. The maximum absolute atomic E-state index is 13.4. The van der Waals surface area contributed by atoms with E-state index in [1.807, 2.05) is 0 Å². The Kier molecular flexibility index (Phi) is 8.45. The van der Waals surface area contributed by atoms with Crippen LogP contribution in [-0.2, 0) is 19.9 Å². The first-order valence-corrected chi connectivity index (χ1v) is 14.4. The molecule has 6 nitrogen and oxygen atoms in total. The van der Waals surface area contributed by atoms with E-state index in [1.54, 1.807) is 48.5 Å². The van der Waals surface area contributed by atoms with Crippen LogP contribution in [0.4, 0.5) is 0 Å². The van der Waals surface area contributed by atoms with E-state index in [0.29, 0.717) is 28.2 Å². The minimum atomic E-state index is -1.28. The van der Waals surface area contributed by atoms with E-state index in [9.17, 15) is 14.4 Å². The Labute approximate surface area is 261 Å². The first-order valence-electron chi connectivity index (χ1n) is 10.1. The second-order valence-corrected chi connectivity index (χ2v) is 11.7. The molecule has 0 unspecified atom stereocenters. The molecule has 4 rings (SSSR count). The second kappa shape index (κ2) is 11.1. The van der Waals surface area contributed by atoms with Gasteiger partial charge in [0.2, 0.25) is 0 Å².